The van der Waals surface area contributed by atoms with Crippen LogP contribution in [0.3, 0.4) is 0 Å². The standard InChI is InChI=1S/C32H35NO2S/c1-21-6-8-23(9-7-21)20-36-28-19-25(18-26-29(28)32(4,5)17-16-31(26,2)3)27(34)15-12-22-10-13-24(14-11-22)30(33)35/h6-11,13-14,18-19,27,34H,16-17,20H2,1-5H3,(H2,33,35). The van der Waals surface area contributed by atoms with Gasteiger partial charge >= 0.3 is 0 Å². The summed E-state index contributed by atoms with van der Waals surface area (Å²) in [5, 5.41) is 11.1. The number of thioether (sulfide) groups is 1. The van der Waals surface area contributed by atoms with Gasteiger partial charge in [-0.15, -0.1) is 11.8 Å². The van der Waals surface area contributed by atoms with Crippen LogP contribution in [0.1, 0.15) is 90.4 Å². The molecule has 0 aromatic heterocycles. The first-order chi connectivity index (χ1) is 17.0. The molecule has 1 aliphatic rings. The van der Waals surface area contributed by atoms with Crippen molar-refractivity contribution in [3.63, 3.8) is 0 Å². The number of amides is 1. The molecular weight excluding hydrogens is 462 g/mol. The Labute approximate surface area is 219 Å². The zero-order valence-corrected chi connectivity index (χ0v) is 22.6. The molecular formula is C32H35NO2S. The van der Waals surface area contributed by atoms with Gasteiger partial charge in [0.1, 0.15) is 6.10 Å². The van der Waals surface area contributed by atoms with Gasteiger partial charge in [-0.3, -0.25) is 4.79 Å². The molecule has 1 aliphatic carbocycles. The topological polar surface area (TPSA) is 63.3 Å². The van der Waals surface area contributed by atoms with Gasteiger partial charge in [-0.2, -0.15) is 0 Å². The van der Waals surface area contributed by atoms with Gasteiger partial charge in [-0.1, -0.05) is 75.4 Å². The van der Waals surface area contributed by atoms with E-state index >= 15 is 0 Å². The van der Waals surface area contributed by atoms with Gasteiger partial charge in [0.05, 0.1) is 0 Å². The van der Waals surface area contributed by atoms with E-state index in [-0.39, 0.29) is 10.8 Å². The van der Waals surface area contributed by atoms with Crippen LogP contribution in [0.4, 0.5) is 0 Å². The summed E-state index contributed by atoms with van der Waals surface area (Å²) in [4.78, 5) is 12.5. The Morgan fingerprint density at radius 1 is 1.00 bits per heavy atom. The van der Waals surface area contributed by atoms with Crippen molar-refractivity contribution in [2.75, 3.05) is 0 Å². The first-order valence-corrected chi connectivity index (χ1v) is 13.4. The van der Waals surface area contributed by atoms with Crippen LogP contribution in [0.2, 0.25) is 0 Å². The highest BCUT2D eigenvalue weighted by atomic mass is 32.2. The third kappa shape index (κ3) is 5.69. The first kappa shape index (κ1) is 26.1. The number of primary amides is 1. The van der Waals surface area contributed by atoms with E-state index in [4.69, 9.17) is 5.73 Å². The largest absolute Gasteiger partial charge is 0.376 e. The second-order valence-electron chi connectivity index (χ2n) is 11.1. The van der Waals surface area contributed by atoms with Crippen LogP contribution in [-0.4, -0.2) is 11.0 Å². The molecule has 0 aliphatic heterocycles. The van der Waals surface area contributed by atoms with Crippen molar-refractivity contribution in [3.8, 4) is 11.8 Å². The molecule has 36 heavy (non-hydrogen) atoms. The predicted octanol–water partition coefficient (Wildman–Crippen LogP) is 6.82. The quantitative estimate of drug-likeness (QED) is 0.300. The second-order valence-corrected chi connectivity index (χ2v) is 12.1. The average molecular weight is 498 g/mol. The van der Waals surface area contributed by atoms with Gasteiger partial charge in [0.25, 0.3) is 0 Å². The van der Waals surface area contributed by atoms with Crippen LogP contribution in [-0.2, 0) is 16.6 Å². The number of aliphatic hydroxyl groups excluding tert-OH is 1. The Hall–Kier alpha value is -3.00. The fourth-order valence-corrected chi connectivity index (χ4v) is 6.09. The number of aryl methyl sites for hydroxylation is 1. The first-order valence-electron chi connectivity index (χ1n) is 12.4. The Bertz CT molecular complexity index is 1330. The molecule has 3 nitrogen and oxygen atoms in total. The zero-order valence-electron chi connectivity index (χ0n) is 21.8. The molecule has 0 radical (unpaired) electrons. The summed E-state index contributed by atoms with van der Waals surface area (Å²) in [7, 11) is 0. The molecule has 4 rings (SSSR count). The number of fused-ring (bicyclic) bond motifs is 1. The number of hydrogen-bond donors (Lipinski definition) is 2. The van der Waals surface area contributed by atoms with E-state index in [1.165, 1.54) is 27.1 Å². The summed E-state index contributed by atoms with van der Waals surface area (Å²) in [6, 6.07) is 19.8. The summed E-state index contributed by atoms with van der Waals surface area (Å²) < 4.78 is 0. The van der Waals surface area contributed by atoms with Gasteiger partial charge in [-0.25, -0.2) is 0 Å². The minimum Gasteiger partial charge on any atom is -0.376 e. The SMILES string of the molecule is Cc1ccc(CSc2cc(C(O)C#Cc3ccc(C(N)=O)cc3)cc3c2C(C)(C)CCC3(C)C)cc1. The lowest BCUT2D eigenvalue weighted by Crippen LogP contribution is -2.34. The van der Waals surface area contributed by atoms with E-state index in [2.05, 4.69) is 82.9 Å². The van der Waals surface area contributed by atoms with Crippen LogP contribution in [0.15, 0.2) is 65.6 Å². The van der Waals surface area contributed by atoms with Crippen molar-refractivity contribution in [1.29, 1.82) is 0 Å². The third-order valence-corrected chi connectivity index (χ3v) is 8.37. The Morgan fingerprint density at radius 3 is 2.28 bits per heavy atom. The second kappa shape index (κ2) is 10.2. The molecule has 0 saturated carbocycles. The summed E-state index contributed by atoms with van der Waals surface area (Å²) in [6.07, 6.45) is 1.33. The van der Waals surface area contributed by atoms with Crippen molar-refractivity contribution in [2.45, 2.75) is 75.0 Å². The Kier molecular flexibility index (Phi) is 7.36. The normalized spacial score (nSPS) is 16.4. The van der Waals surface area contributed by atoms with E-state index < -0.39 is 12.0 Å². The number of benzene rings is 3. The summed E-state index contributed by atoms with van der Waals surface area (Å²) >= 11 is 1.84. The molecule has 4 heteroatoms. The summed E-state index contributed by atoms with van der Waals surface area (Å²) in [6.45, 7) is 11.4. The molecule has 0 bridgehead atoms. The fraction of sp³-hybridized carbons (Fsp3) is 0.344. The predicted molar refractivity (Wildman–Crippen MR) is 149 cm³/mol. The maximum Gasteiger partial charge on any atom is 0.248 e. The van der Waals surface area contributed by atoms with Gasteiger partial charge in [0.15, 0.2) is 0 Å². The molecule has 0 fully saturated rings. The average Bonchev–Trinajstić information content (AvgIpc) is 2.85. The highest BCUT2D eigenvalue weighted by molar-refractivity contribution is 7.98. The van der Waals surface area contributed by atoms with E-state index in [0.29, 0.717) is 5.56 Å². The van der Waals surface area contributed by atoms with Gasteiger partial charge in [-0.05, 0) is 83.2 Å². The lowest BCUT2D eigenvalue weighted by molar-refractivity contribution is 0.100. The molecule has 0 saturated heterocycles. The van der Waals surface area contributed by atoms with Gasteiger partial charge in [0, 0.05) is 21.8 Å². The molecule has 3 aromatic carbocycles. The Balaban J connectivity index is 1.71. The maximum atomic E-state index is 11.3. The van der Waals surface area contributed by atoms with Crippen molar-refractivity contribution in [1.82, 2.24) is 0 Å². The molecule has 1 amide bonds. The van der Waals surface area contributed by atoms with E-state index in [1.54, 1.807) is 24.3 Å². The summed E-state index contributed by atoms with van der Waals surface area (Å²) in [5.41, 5.74) is 12.7. The smallest absolute Gasteiger partial charge is 0.248 e. The minimum absolute atomic E-state index is 0.0256. The van der Waals surface area contributed by atoms with E-state index in [0.717, 1.165) is 29.7 Å². The summed E-state index contributed by atoms with van der Waals surface area (Å²) in [5.74, 6) is 6.46. The maximum absolute atomic E-state index is 11.3. The van der Waals surface area contributed by atoms with Crippen molar-refractivity contribution in [3.05, 3.63) is 99.6 Å². The van der Waals surface area contributed by atoms with Crippen molar-refractivity contribution >= 4 is 17.7 Å². The minimum atomic E-state index is -0.911. The van der Waals surface area contributed by atoms with Crippen molar-refractivity contribution < 1.29 is 9.90 Å². The zero-order chi connectivity index (χ0) is 26.1. The molecule has 1 unspecified atom stereocenters. The van der Waals surface area contributed by atoms with E-state index in [9.17, 15) is 9.90 Å². The van der Waals surface area contributed by atoms with Gasteiger partial charge in [0.2, 0.25) is 5.91 Å². The lowest BCUT2D eigenvalue weighted by Gasteiger charge is -2.43. The van der Waals surface area contributed by atoms with E-state index in [1.807, 2.05) is 11.8 Å². The number of carbonyl (C=O) groups excluding carboxylic acids is 1. The van der Waals surface area contributed by atoms with Crippen molar-refractivity contribution in [2.24, 2.45) is 5.73 Å². The molecule has 0 heterocycles. The van der Waals surface area contributed by atoms with Gasteiger partial charge < -0.3 is 10.8 Å². The third-order valence-electron chi connectivity index (χ3n) is 7.26. The van der Waals surface area contributed by atoms with Crippen LogP contribution < -0.4 is 5.73 Å². The highest BCUT2D eigenvalue weighted by Crippen LogP contribution is 2.50. The molecule has 3 aromatic rings. The molecule has 0 spiro atoms. The highest BCUT2D eigenvalue weighted by Gasteiger charge is 2.39. The van der Waals surface area contributed by atoms with Crippen LogP contribution in [0.5, 0.6) is 0 Å². The number of rotatable bonds is 5. The Morgan fingerprint density at radius 2 is 1.64 bits per heavy atom. The molecule has 3 N–H and O–H groups in total. The number of carbonyl (C=O) groups is 1. The molecule has 1 atom stereocenters. The lowest BCUT2D eigenvalue weighted by atomic mass is 9.63. The van der Waals surface area contributed by atoms with Crippen LogP contribution >= 0.6 is 11.8 Å². The van der Waals surface area contributed by atoms with Crippen LogP contribution in [0, 0.1) is 18.8 Å². The number of aliphatic hydroxyl groups is 1. The fourth-order valence-electron chi connectivity index (χ4n) is 4.82. The number of hydrogen-bond acceptors (Lipinski definition) is 3. The number of nitrogens with two attached hydrogens (primary N) is 1. The monoisotopic (exact) mass is 497 g/mol. The van der Waals surface area contributed by atoms with Crippen LogP contribution in [0.25, 0.3) is 0 Å². The molecule has 186 valence electrons.